The van der Waals surface area contributed by atoms with Crippen LogP contribution in [0.5, 0.6) is 0 Å². The van der Waals surface area contributed by atoms with E-state index < -0.39 is 0 Å². The second-order valence-electron chi connectivity index (χ2n) is 7.41. The number of carbonyl (C=O) groups is 1. The van der Waals surface area contributed by atoms with E-state index in [9.17, 15) is 9.18 Å². The minimum Gasteiger partial charge on any atom is -0.353 e. The lowest BCUT2D eigenvalue weighted by Crippen LogP contribution is -2.55. The van der Waals surface area contributed by atoms with Gasteiger partial charge in [0.2, 0.25) is 5.91 Å². The molecule has 9 heteroatoms. The van der Waals surface area contributed by atoms with Crippen molar-refractivity contribution in [1.82, 2.24) is 14.9 Å². The molecular weight excluding hydrogens is 415 g/mol. The highest BCUT2D eigenvalue weighted by atomic mass is 32.1. The lowest BCUT2D eigenvalue weighted by Gasteiger charge is -2.39. The zero-order valence-electron chi connectivity index (χ0n) is 17.2. The summed E-state index contributed by atoms with van der Waals surface area (Å²) in [4.78, 5) is 29.0. The average Bonchev–Trinajstić information content (AvgIpc) is 3.29. The number of fused-ring (bicyclic) bond motifs is 1. The third-order valence-electron chi connectivity index (χ3n) is 5.61. The first-order valence-electron chi connectivity index (χ1n) is 10.2. The van der Waals surface area contributed by atoms with Crippen molar-refractivity contribution in [2.75, 3.05) is 42.5 Å². The lowest BCUT2D eigenvalue weighted by molar-refractivity contribution is -0.123. The van der Waals surface area contributed by atoms with Gasteiger partial charge in [-0.05, 0) is 42.6 Å². The molecular formula is C22H23FN6OS. The predicted octanol–water partition coefficient (Wildman–Crippen LogP) is 3.29. The smallest absolute Gasteiger partial charge is 0.244 e. The van der Waals surface area contributed by atoms with Crippen LogP contribution in [0.2, 0.25) is 0 Å². The maximum atomic E-state index is 13.3. The molecule has 3 heterocycles. The molecule has 0 spiro atoms. The van der Waals surface area contributed by atoms with Crippen LogP contribution < -0.4 is 9.80 Å². The van der Waals surface area contributed by atoms with Crippen LogP contribution in [-0.2, 0) is 4.79 Å². The Balaban J connectivity index is 1.44. The molecule has 1 saturated heterocycles. The molecule has 160 valence electrons. The van der Waals surface area contributed by atoms with Crippen LogP contribution in [0.25, 0.3) is 10.2 Å². The fourth-order valence-electron chi connectivity index (χ4n) is 3.88. The first-order valence-corrected chi connectivity index (χ1v) is 11.1. The number of nitriles is 1. The Labute approximate surface area is 184 Å². The molecule has 1 atom stereocenters. The van der Waals surface area contributed by atoms with Crippen LogP contribution in [0.3, 0.4) is 0 Å². The molecule has 7 nitrogen and oxygen atoms in total. The van der Waals surface area contributed by atoms with Gasteiger partial charge in [-0.2, -0.15) is 5.26 Å². The van der Waals surface area contributed by atoms with Gasteiger partial charge < -0.3 is 9.80 Å². The normalized spacial score (nSPS) is 15.6. The van der Waals surface area contributed by atoms with Crippen LogP contribution in [0.15, 0.2) is 42.0 Å². The number of nitrogens with zero attached hydrogens (tertiary/aromatic N) is 6. The van der Waals surface area contributed by atoms with Crippen LogP contribution in [-0.4, -0.2) is 59.5 Å². The molecule has 0 radical (unpaired) electrons. The van der Waals surface area contributed by atoms with Crippen LogP contribution in [0.1, 0.15) is 13.3 Å². The molecule has 1 fully saturated rings. The number of hydrogen-bond acceptors (Lipinski definition) is 7. The van der Waals surface area contributed by atoms with Crippen molar-refractivity contribution in [3.63, 3.8) is 0 Å². The van der Waals surface area contributed by atoms with Gasteiger partial charge in [-0.3, -0.25) is 9.69 Å². The van der Waals surface area contributed by atoms with Crippen molar-refractivity contribution in [2.45, 2.75) is 19.4 Å². The van der Waals surface area contributed by atoms with Gasteiger partial charge in [0.15, 0.2) is 0 Å². The zero-order chi connectivity index (χ0) is 21.8. The number of piperazine rings is 1. The van der Waals surface area contributed by atoms with Crippen molar-refractivity contribution >= 4 is 39.0 Å². The summed E-state index contributed by atoms with van der Waals surface area (Å²) >= 11 is 1.60. The number of aromatic nitrogens is 2. The van der Waals surface area contributed by atoms with E-state index >= 15 is 0 Å². The standard InChI is InChI=1S/C22H23FN6OS/c1-16(22(30)29(9-2-8-24)18-5-3-17(23)4-6-18)27-10-12-28(13-11-27)20-19-7-14-31-21(19)26-15-25-20/h3-7,14-16H,2,9-13H2,1H3. The Morgan fingerprint density at radius 1 is 1.23 bits per heavy atom. The highest BCUT2D eigenvalue weighted by Gasteiger charge is 2.30. The molecule has 1 aliphatic rings. The first-order chi connectivity index (χ1) is 15.1. The summed E-state index contributed by atoms with van der Waals surface area (Å²) in [6.07, 6.45) is 1.82. The number of rotatable bonds is 6. The fourth-order valence-corrected chi connectivity index (χ4v) is 4.61. The number of carbonyl (C=O) groups excluding carboxylic acids is 1. The second kappa shape index (κ2) is 9.37. The third kappa shape index (κ3) is 4.50. The monoisotopic (exact) mass is 438 g/mol. The quantitative estimate of drug-likeness (QED) is 0.588. The number of amides is 1. The topological polar surface area (TPSA) is 76.4 Å². The Bertz CT molecular complexity index is 1090. The molecule has 1 amide bonds. The number of hydrogen-bond donors (Lipinski definition) is 0. The highest BCUT2D eigenvalue weighted by molar-refractivity contribution is 7.16. The van der Waals surface area contributed by atoms with Gasteiger partial charge in [0, 0.05) is 38.4 Å². The molecule has 4 rings (SSSR count). The number of halogens is 1. The molecule has 1 unspecified atom stereocenters. The maximum absolute atomic E-state index is 13.3. The van der Waals surface area contributed by atoms with Crippen molar-refractivity contribution in [3.05, 3.63) is 47.9 Å². The first kappa shape index (κ1) is 21.2. The number of benzene rings is 1. The molecule has 31 heavy (non-hydrogen) atoms. The summed E-state index contributed by atoms with van der Waals surface area (Å²) in [5.41, 5.74) is 0.605. The minimum absolute atomic E-state index is 0.0856. The summed E-state index contributed by atoms with van der Waals surface area (Å²) in [7, 11) is 0. The summed E-state index contributed by atoms with van der Waals surface area (Å²) in [6, 6.07) is 9.61. The van der Waals surface area contributed by atoms with Gasteiger partial charge in [0.25, 0.3) is 0 Å². The third-order valence-corrected chi connectivity index (χ3v) is 6.43. The van der Waals surface area contributed by atoms with E-state index in [1.807, 2.05) is 18.4 Å². The van der Waals surface area contributed by atoms with Crippen molar-refractivity contribution < 1.29 is 9.18 Å². The van der Waals surface area contributed by atoms with Gasteiger partial charge in [-0.1, -0.05) is 0 Å². The predicted molar refractivity (Wildman–Crippen MR) is 120 cm³/mol. The Kier molecular flexibility index (Phi) is 6.39. The van der Waals surface area contributed by atoms with Gasteiger partial charge in [0.05, 0.1) is 23.9 Å². The molecule has 0 bridgehead atoms. The van der Waals surface area contributed by atoms with Crippen LogP contribution >= 0.6 is 11.3 Å². The molecule has 1 aliphatic heterocycles. The highest BCUT2D eigenvalue weighted by Crippen LogP contribution is 2.28. The Hall–Kier alpha value is -3.09. The molecule has 2 aromatic heterocycles. The van der Waals surface area contributed by atoms with Gasteiger partial charge in [-0.25, -0.2) is 14.4 Å². The van der Waals surface area contributed by atoms with Crippen molar-refractivity contribution in [3.8, 4) is 6.07 Å². The SMILES string of the molecule is CC(C(=O)N(CCC#N)c1ccc(F)cc1)N1CCN(c2ncnc3sccc23)CC1. The maximum Gasteiger partial charge on any atom is 0.244 e. The van der Waals surface area contributed by atoms with Crippen molar-refractivity contribution in [1.29, 1.82) is 5.26 Å². The van der Waals surface area contributed by atoms with Gasteiger partial charge in [0.1, 0.15) is 22.8 Å². The zero-order valence-corrected chi connectivity index (χ0v) is 18.1. The van der Waals surface area contributed by atoms with E-state index in [0.717, 1.165) is 42.2 Å². The Morgan fingerprint density at radius 2 is 1.97 bits per heavy atom. The van der Waals surface area contributed by atoms with E-state index in [1.165, 1.54) is 12.1 Å². The molecule has 0 saturated carbocycles. The van der Waals surface area contributed by atoms with E-state index in [0.29, 0.717) is 5.69 Å². The molecule has 0 N–H and O–H groups in total. The van der Waals surface area contributed by atoms with E-state index in [4.69, 9.17) is 5.26 Å². The lowest BCUT2D eigenvalue weighted by atomic mass is 10.1. The van der Waals surface area contributed by atoms with Crippen LogP contribution in [0, 0.1) is 17.1 Å². The molecule has 3 aromatic rings. The fraction of sp³-hybridized carbons (Fsp3) is 0.364. The Morgan fingerprint density at radius 3 is 2.68 bits per heavy atom. The number of thiophene rings is 1. The largest absolute Gasteiger partial charge is 0.353 e. The summed E-state index contributed by atoms with van der Waals surface area (Å²) in [5, 5.41) is 12.1. The van der Waals surface area contributed by atoms with E-state index in [1.54, 1.807) is 34.7 Å². The number of anilines is 2. The molecule has 0 aliphatic carbocycles. The average molecular weight is 439 g/mol. The van der Waals surface area contributed by atoms with Gasteiger partial charge >= 0.3 is 0 Å². The summed E-state index contributed by atoms with van der Waals surface area (Å²) < 4.78 is 13.3. The summed E-state index contributed by atoms with van der Waals surface area (Å²) in [5.74, 6) is 0.495. The summed E-state index contributed by atoms with van der Waals surface area (Å²) in [6.45, 7) is 5.13. The van der Waals surface area contributed by atoms with Crippen LogP contribution in [0.4, 0.5) is 15.9 Å². The molecule has 1 aromatic carbocycles. The van der Waals surface area contributed by atoms with E-state index in [2.05, 4.69) is 25.8 Å². The minimum atomic E-state index is -0.356. The van der Waals surface area contributed by atoms with Crippen molar-refractivity contribution in [2.24, 2.45) is 0 Å². The second-order valence-corrected chi connectivity index (χ2v) is 8.30. The van der Waals surface area contributed by atoms with E-state index in [-0.39, 0.29) is 30.7 Å². The van der Waals surface area contributed by atoms with Gasteiger partial charge in [-0.15, -0.1) is 11.3 Å².